The van der Waals surface area contributed by atoms with E-state index in [1.807, 2.05) is 60.9 Å². The lowest BCUT2D eigenvalue weighted by Gasteiger charge is -2.19. The van der Waals surface area contributed by atoms with Gasteiger partial charge in [-0.1, -0.05) is 28.1 Å². The van der Waals surface area contributed by atoms with Crippen LogP contribution in [-0.4, -0.2) is 38.6 Å². The maximum atomic E-state index is 13.1. The second kappa shape index (κ2) is 10.2. The Labute approximate surface area is 227 Å². The number of rotatable bonds is 6. The van der Waals surface area contributed by atoms with Crippen LogP contribution in [0.3, 0.4) is 0 Å². The van der Waals surface area contributed by atoms with Gasteiger partial charge in [-0.25, -0.2) is 0 Å². The molecule has 0 radical (unpaired) electrons. The molecule has 0 aliphatic carbocycles. The zero-order chi connectivity index (χ0) is 26.3. The van der Waals surface area contributed by atoms with Crippen molar-refractivity contribution in [2.24, 2.45) is 0 Å². The highest BCUT2D eigenvalue weighted by Crippen LogP contribution is 2.36. The number of thioether (sulfide) groups is 1. The fourth-order valence-electron chi connectivity index (χ4n) is 4.90. The molecule has 0 unspecified atom stereocenters. The van der Waals surface area contributed by atoms with E-state index in [9.17, 15) is 19.7 Å². The van der Waals surface area contributed by atoms with Gasteiger partial charge < -0.3 is 9.47 Å². The molecule has 3 heterocycles. The quantitative estimate of drug-likeness (QED) is 0.185. The van der Waals surface area contributed by atoms with Crippen LogP contribution in [-0.2, 0) is 11.3 Å². The first-order chi connectivity index (χ1) is 17.7. The zero-order valence-electron chi connectivity index (χ0n) is 20.4. The number of hydrogen-bond donors (Lipinski definition) is 0. The monoisotopic (exact) mass is 580 g/mol. The lowest BCUT2D eigenvalue weighted by atomic mass is 10.2. The number of imide groups is 1. The predicted octanol–water partition coefficient (Wildman–Crippen LogP) is 6.60. The second-order valence-electron chi connectivity index (χ2n) is 9.18. The van der Waals surface area contributed by atoms with Crippen LogP contribution in [0.2, 0.25) is 0 Å². The van der Waals surface area contributed by atoms with E-state index in [0.29, 0.717) is 16.3 Å². The van der Waals surface area contributed by atoms with Crippen LogP contribution >= 0.6 is 27.7 Å². The number of hydrogen-bond acceptors (Lipinski definition) is 6. The molecule has 10 heteroatoms. The Bertz CT molecular complexity index is 1440. The average molecular weight is 581 g/mol. The van der Waals surface area contributed by atoms with Crippen molar-refractivity contribution in [2.75, 3.05) is 18.0 Å². The molecular weight excluding hydrogens is 556 g/mol. The van der Waals surface area contributed by atoms with Crippen LogP contribution in [0.4, 0.5) is 16.2 Å². The number of anilines is 1. The van der Waals surface area contributed by atoms with Crippen molar-refractivity contribution < 1.29 is 14.5 Å². The molecule has 8 nitrogen and oxygen atoms in total. The van der Waals surface area contributed by atoms with E-state index < -0.39 is 0 Å². The number of amides is 2. The van der Waals surface area contributed by atoms with Crippen molar-refractivity contribution in [3.8, 4) is 5.69 Å². The Kier molecular flexibility index (Phi) is 6.96. The minimum atomic E-state index is -0.326. The maximum Gasteiger partial charge on any atom is 0.294 e. The SMILES string of the molecule is Cc1cc(/C=C2\SC(=O)N(Cc3ccc(Br)cc3)C2=O)c(C)n1-c1ccc(N2CCCC2)c([N+](=O)[O-])c1. The van der Waals surface area contributed by atoms with E-state index in [4.69, 9.17) is 0 Å². The summed E-state index contributed by atoms with van der Waals surface area (Å²) in [5.74, 6) is -0.326. The minimum absolute atomic E-state index is 0.0857. The van der Waals surface area contributed by atoms with Crippen molar-refractivity contribution in [1.29, 1.82) is 0 Å². The van der Waals surface area contributed by atoms with E-state index in [1.165, 1.54) is 4.90 Å². The summed E-state index contributed by atoms with van der Waals surface area (Å²) in [6.45, 7) is 5.68. The molecule has 2 aromatic carbocycles. The zero-order valence-corrected chi connectivity index (χ0v) is 22.8. The minimum Gasteiger partial charge on any atom is -0.366 e. The number of benzene rings is 2. The van der Waals surface area contributed by atoms with Crippen molar-refractivity contribution in [3.63, 3.8) is 0 Å². The molecule has 2 aliphatic heterocycles. The van der Waals surface area contributed by atoms with Gasteiger partial charge in [0.2, 0.25) is 0 Å². The molecule has 0 bridgehead atoms. The van der Waals surface area contributed by atoms with Crippen molar-refractivity contribution in [2.45, 2.75) is 33.2 Å². The summed E-state index contributed by atoms with van der Waals surface area (Å²) in [6.07, 6.45) is 3.80. The lowest BCUT2D eigenvalue weighted by molar-refractivity contribution is -0.384. The molecule has 5 rings (SSSR count). The summed E-state index contributed by atoms with van der Waals surface area (Å²) in [5, 5.41) is 11.6. The number of halogens is 1. The largest absolute Gasteiger partial charge is 0.366 e. The number of nitro benzene ring substituents is 1. The number of nitro groups is 1. The highest BCUT2D eigenvalue weighted by molar-refractivity contribution is 9.10. The van der Waals surface area contributed by atoms with Gasteiger partial charge in [0.1, 0.15) is 5.69 Å². The predicted molar refractivity (Wildman–Crippen MR) is 149 cm³/mol. The number of nitrogens with zero attached hydrogens (tertiary/aromatic N) is 4. The summed E-state index contributed by atoms with van der Waals surface area (Å²) in [4.78, 5) is 40.9. The first kappa shape index (κ1) is 25.3. The van der Waals surface area contributed by atoms with Gasteiger partial charge in [-0.05, 0) is 86.0 Å². The topological polar surface area (TPSA) is 88.7 Å². The molecule has 37 heavy (non-hydrogen) atoms. The van der Waals surface area contributed by atoms with Crippen molar-refractivity contribution in [1.82, 2.24) is 9.47 Å². The molecule has 0 atom stereocenters. The Morgan fingerprint density at radius 1 is 1.05 bits per heavy atom. The van der Waals surface area contributed by atoms with E-state index in [2.05, 4.69) is 20.8 Å². The van der Waals surface area contributed by atoms with Crippen molar-refractivity contribution in [3.05, 3.63) is 90.5 Å². The highest BCUT2D eigenvalue weighted by atomic mass is 79.9. The molecule has 2 saturated heterocycles. The van der Waals surface area contributed by atoms with Gasteiger partial charge in [0.05, 0.1) is 22.1 Å². The van der Waals surface area contributed by atoms with Crippen LogP contribution in [0.15, 0.2) is 57.9 Å². The first-order valence-electron chi connectivity index (χ1n) is 12.0. The highest BCUT2D eigenvalue weighted by Gasteiger charge is 2.35. The summed E-state index contributed by atoms with van der Waals surface area (Å²) < 4.78 is 2.87. The van der Waals surface area contributed by atoms with E-state index in [0.717, 1.165) is 64.7 Å². The maximum absolute atomic E-state index is 13.1. The normalized spacial score (nSPS) is 16.9. The second-order valence-corrected chi connectivity index (χ2v) is 11.1. The molecule has 0 spiro atoms. The van der Waals surface area contributed by atoms with Crippen LogP contribution < -0.4 is 4.90 Å². The average Bonchev–Trinajstić information content (AvgIpc) is 3.56. The van der Waals surface area contributed by atoms with Gasteiger partial charge in [0.15, 0.2) is 0 Å². The first-order valence-corrected chi connectivity index (χ1v) is 13.6. The molecule has 1 aromatic heterocycles. The number of aryl methyl sites for hydroxylation is 1. The number of carbonyl (C=O) groups is 2. The fraction of sp³-hybridized carbons (Fsp3) is 0.259. The van der Waals surface area contributed by atoms with Crippen LogP contribution in [0.5, 0.6) is 0 Å². The third-order valence-electron chi connectivity index (χ3n) is 6.75. The summed E-state index contributed by atoms with van der Waals surface area (Å²) >= 11 is 4.32. The Balaban J connectivity index is 1.44. The molecule has 2 amide bonds. The summed E-state index contributed by atoms with van der Waals surface area (Å²) in [5.41, 5.74) is 4.78. The van der Waals surface area contributed by atoms with E-state index in [-0.39, 0.29) is 28.3 Å². The molecule has 2 aliphatic rings. The Hall–Kier alpha value is -3.37. The Morgan fingerprint density at radius 3 is 2.43 bits per heavy atom. The lowest BCUT2D eigenvalue weighted by Crippen LogP contribution is -2.27. The van der Waals surface area contributed by atoms with Crippen LogP contribution in [0.25, 0.3) is 11.8 Å². The third kappa shape index (κ3) is 4.95. The van der Waals surface area contributed by atoms with E-state index >= 15 is 0 Å². The standard InChI is InChI=1S/C27H25BrN4O4S/c1-17-13-20(14-25-26(33)30(27(34)37-25)16-19-5-7-21(28)8-6-19)18(2)31(17)22-9-10-23(24(15-22)32(35)36)29-11-3-4-12-29/h5-10,13-15H,3-4,11-12,16H2,1-2H3/b25-14-. The molecule has 0 N–H and O–H groups in total. The van der Waals surface area contributed by atoms with Gasteiger partial charge >= 0.3 is 0 Å². The Morgan fingerprint density at radius 2 is 1.76 bits per heavy atom. The summed E-state index contributed by atoms with van der Waals surface area (Å²) in [7, 11) is 0. The van der Waals surface area contributed by atoms with Crippen LogP contribution in [0.1, 0.15) is 35.4 Å². The molecule has 190 valence electrons. The van der Waals surface area contributed by atoms with Gasteiger partial charge in [0.25, 0.3) is 16.8 Å². The number of aromatic nitrogens is 1. The van der Waals surface area contributed by atoms with Crippen molar-refractivity contribution >= 4 is 56.3 Å². The third-order valence-corrected chi connectivity index (χ3v) is 8.18. The smallest absolute Gasteiger partial charge is 0.294 e. The molecule has 3 aromatic rings. The summed E-state index contributed by atoms with van der Waals surface area (Å²) in [6, 6.07) is 14.8. The van der Waals surface area contributed by atoms with Gasteiger partial charge in [-0.15, -0.1) is 0 Å². The van der Waals surface area contributed by atoms with Gasteiger partial charge in [-0.3, -0.25) is 24.6 Å². The van der Waals surface area contributed by atoms with Gasteiger partial charge in [-0.2, -0.15) is 0 Å². The van der Waals surface area contributed by atoms with Gasteiger partial charge in [0, 0.05) is 35.0 Å². The van der Waals surface area contributed by atoms with Crippen LogP contribution in [0, 0.1) is 24.0 Å². The fourth-order valence-corrected chi connectivity index (χ4v) is 6.00. The molecular formula is C27H25BrN4O4S. The molecule has 0 saturated carbocycles. The number of carbonyl (C=O) groups excluding carboxylic acids is 2. The van der Waals surface area contributed by atoms with E-state index in [1.54, 1.807) is 12.1 Å². The molecule has 2 fully saturated rings.